The first-order valence-electron chi connectivity index (χ1n) is 7.19. The van der Waals surface area contributed by atoms with Crippen LogP contribution in [0.4, 0.5) is 0 Å². The van der Waals surface area contributed by atoms with Gasteiger partial charge in [-0.15, -0.1) is 0 Å². The second-order valence-electron chi connectivity index (χ2n) is 5.61. The Morgan fingerprint density at radius 2 is 1.56 bits per heavy atom. The van der Waals surface area contributed by atoms with Crippen LogP contribution in [-0.2, 0) is 15.0 Å². The summed E-state index contributed by atoms with van der Waals surface area (Å²) in [5, 5.41) is 37.1. The van der Waals surface area contributed by atoms with Gasteiger partial charge in [-0.2, -0.15) is 10.5 Å². The number of carboxylic acid groups (broad SMARTS) is 2. The highest BCUT2D eigenvalue weighted by Crippen LogP contribution is 2.51. The maximum Gasteiger partial charge on any atom is 0.304 e. The molecule has 0 unspecified atom stereocenters. The number of benzene rings is 1. The fraction of sp³-hybridized carbons (Fsp3) is 0.176. The van der Waals surface area contributed by atoms with E-state index in [1.165, 1.54) is 0 Å². The fourth-order valence-electron chi connectivity index (χ4n) is 3.28. The first kappa shape index (κ1) is 16.1. The Balaban J connectivity index is 2.41. The Labute approximate surface area is 141 Å². The van der Waals surface area contributed by atoms with E-state index in [2.05, 4.69) is 9.97 Å². The van der Waals surface area contributed by atoms with Gasteiger partial charge in [-0.1, -0.05) is 24.3 Å². The average Bonchev–Trinajstić information content (AvgIpc) is 2.82. The maximum atomic E-state index is 11.5. The minimum atomic E-state index is -1.45. The van der Waals surface area contributed by atoms with E-state index in [0.717, 1.165) is 0 Å². The summed E-state index contributed by atoms with van der Waals surface area (Å²) in [7, 11) is 0. The zero-order valence-corrected chi connectivity index (χ0v) is 12.7. The van der Waals surface area contributed by atoms with Crippen LogP contribution < -0.4 is 0 Å². The molecule has 1 aliphatic rings. The standard InChI is InChI=1S/C17H10N4O4/c18-7-11-12(8-19)21-16-15(20-11)9-3-1-2-4-10(9)17(16,5-13(22)23)6-14(24)25/h1-4H,5-6H2,(H,22,23)(H,24,25). The summed E-state index contributed by atoms with van der Waals surface area (Å²) in [6, 6.07) is 10.2. The van der Waals surface area contributed by atoms with Crippen molar-refractivity contribution in [3.05, 3.63) is 46.9 Å². The molecule has 0 fully saturated rings. The van der Waals surface area contributed by atoms with Crippen LogP contribution in [0.1, 0.15) is 35.5 Å². The van der Waals surface area contributed by atoms with E-state index < -0.39 is 30.2 Å². The van der Waals surface area contributed by atoms with Gasteiger partial charge in [0.1, 0.15) is 12.1 Å². The van der Waals surface area contributed by atoms with Crippen LogP contribution in [0.15, 0.2) is 24.3 Å². The monoisotopic (exact) mass is 334 g/mol. The summed E-state index contributed by atoms with van der Waals surface area (Å²) < 4.78 is 0. The van der Waals surface area contributed by atoms with Crippen molar-refractivity contribution in [2.45, 2.75) is 18.3 Å². The highest BCUT2D eigenvalue weighted by molar-refractivity contribution is 5.85. The molecule has 122 valence electrons. The van der Waals surface area contributed by atoms with Crippen LogP contribution in [0.25, 0.3) is 11.3 Å². The third-order valence-corrected chi connectivity index (χ3v) is 4.16. The van der Waals surface area contributed by atoms with Crippen LogP contribution in [0.5, 0.6) is 0 Å². The number of aliphatic carboxylic acids is 2. The van der Waals surface area contributed by atoms with E-state index in [1.54, 1.807) is 36.4 Å². The number of carboxylic acids is 2. The van der Waals surface area contributed by atoms with Crippen LogP contribution in [0.3, 0.4) is 0 Å². The Morgan fingerprint density at radius 1 is 1.00 bits per heavy atom. The predicted molar refractivity (Wildman–Crippen MR) is 82.2 cm³/mol. The van der Waals surface area contributed by atoms with Gasteiger partial charge in [0.2, 0.25) is 0 Å². The second-order valence-corrected chi connectivity index (χ2v) is 5.61. The molecule has 25 heavy (non-hydrogen) atoms. The van der Waals surface area contributed by atoms with Crippen molar-refractivity contribution in [3.63, 3.8) is 0 Å². The molecule has 8 heteroatoms. The van der Waals surface area contributed by atoms with Gasteiger partial charge in [0.25, 0.3) is 0 Å². The first-order chi connectivity index (χ1) is 11.9. The molecule has 1 heterocycles. The molecule has 0 amide bonds. The van der Waals surface area contributed by atoms with Gasteiger partial charge < -0.3 is 10.2 Å². The Bertz CT molecular complexity index is 985. The maximum absolute atomic E-state index is 11.5. The normalized spacial score (nSPS) is 13.2. The number of carbonyl (C=O) groups is 2. The quantitative estimate of drug-likeness (QED) is 0.853. The molecule has 0 saturated heterocycles. The molecule has 0 bridgehead atoms. The number of aromatic nitrogens is 2. The highest BCUT2D eigenvalue weighted by atomic mass is 16.4. The minimum absolute atomic E-state index is 0.106. The van der Waals surface area contributed by atoms with Gasteiger partial charge in [-0.3, -0.25) is 9.59 Å². The van der Waals surface area contributed by atoms with Crippen molar-refractivity contribution in [1.29, 1.82) is 10.5 Å². The number of hydrogen-bond donors (Lipinski definition) is 2. The van der Waals surface area contributed by atoms with Crippen LogP contribution >= 0.6 is 0 Å². The van der Waals surface area contributed by atoms with E-state index in [9.17, 15) is 25.1 Å². The average molecular weight is 334 g/mol. The highest BCUT2D eigenvalue weighted by Gasteiger charge is 2.49. The van der Waals surface area contributed by atoms with Crippen molar-refractivity contribution in [2.24, 2.45) is 0 Å². The van der Waals surface area contributed by atoms with Crippen molar-refractivity contribution < 1.29 is 19.8 Å². The molecule has 1 aromatic carbocycles. The molecule has 2 aromatic rings. The van der Waals surface area contributed by atoms with E-state index in [0.29, 0.717) is 11.1 Å². The van der Waals surface area contributed by atoms with Gasteiger partial charge in [0.15, 0.2) is 11.4 Å². The molecule has 0 aliphatic heterocycles. The third kappa shape index (κ3) is 2.37. The van der Waals surface area contributed by atoms with Crippen LogP contribution in [0, 0.1) is 22.7 Å². The number of nitrogens with zero attached hydrogens (tertiary/aromatic N) is 4. The molecular formula is C17H10N4O4. The Kier molecular flexibility index (Phi) is 3.66. The summed E-state index contributed by atoms with van der Waals surface area (Å²) in [6.45, 7) is 0. The van der Waals surface area contributed by atoms with Crippen LogP contribution in [0.2, 0.25) is 0 Å². The molecule has 0 spiro atoms. The topological polar surface area (TPSA) is 148 Å². The Morgan fingerprint density at radius 3 is 2.12 bits per heavy atom. The van der Waals surface area contributed by atoms with E-state index >= 15 is 0 Å². The molecule has 0 radical (unpaired) electrons. The molecule has 0 atom stereocenters. The lowest BCUT2D eigenvalue weighted by Gasteiger charge is -2.27. The van der Waals surface area contributed by atoms with Crippen LogP contribution in [-0.4, -0.2) is 32.1 Å². The lowest BCUT2D eigenvalue weighted by Crippen LogP contribution is -2.33. The number of rotatable bonds is 4. The van der Waals surface area contributed by atoms with Crippen molar-refractivity contribution in [1.82, 2.24) is 9.97 Å². The molecular weight excluding hydrogens is 324 g/mol. The van der Waals surface area contributed by atoms with E-state index in [4.69, 9.17) is 5.26 Å². The van der Waals surface area contributed by atoms with E-state index in [1.807, 2.05) is 0 Å². The smallest absolute Gasteiger partial charge is 0.304 e. The first-order valence-corrected chi connectivity index (χ1v) is 7.19. The lowest BCUT2D eigenvalue weighted by molar-refractivity contribution is -0.140. The zero-order chi connectivity index (χ0) is 18.2. The SMILES string of the molecule is N#Cc1nc2c(nc1C#N)C(CC(=O)O)(CC(=O)O)c1ccccc1-2. The predicted octanol–water partition coefficient (Wildman–Crippen LogP) is 1.44. The summed E-state index contributed by atoms with van der Waals surface area (Å²) in [4.78, 5) is 31.3. The number of fused-ring (bicyclic) bond motifs is 3. The van der Waals surface area contributed by atoms with Gasteiger partial charge in [0.05, 0.1) is 29.6 Å². The lowest BCUT2D eigenvalue weighted by atomic mass is 9.75. The van der Waals surface area contributed by atoms with E-state index in [-0.39, 0.29) is 22.8 Å². The third-order valence-electron chi connectivity index (χ3n) is 4.16. The number of hydrogen-bond acceptors (Lipinski definition) is 6. The van der Waals surface area contributed by atoms with Gasteiger partial charge in [-0.25, -0.2) is 9.97 Å². The fourth-order valence-corrected chi connectivity index (χ4v) is 3.28. The largest absolute Gasteiger partial charge is 0.481 e. The molecule has 3 rings (SSSR count). The van der Waals surface area contributed by atoms with Gasteiger partial charge in [0, 0.05) is 5.56 Å². The molecule has 1 aromatic heterocycles. The molecule has 8 nitrogen and oxygen atoms in total. The molecule has 0 saturated carbocycles. The summed E-state index contributed by atoms with van der Waals surface area (Å²) >= 11 is 0. The Hall–Kier alpha value is -3.78. The van der Waals surface area contributed by atoms with Crippen molar-refractivity contribution >= 4 is 11.9 Å². The summed E-state index contributed by atoms with van der Waals surface area (Å²) in [5.41, 5.74) is -0.549. The van der Waals surface area contributed by atoms with Crippen molar-refractivity contribution in [3.8, 4) is 23.4 Å². The van der Waals surface area contributed by atoms with Gasteiger partial charge in [-0.05, 0) is 5.56 Å². The second kappa shape index (κ2) is 5.69. The number of nitriles is 2. The van der Waals surface area contributed by atoms with Crippen molar-refractivity contribution in [2.75, 3.05) is 0 Å². The molecule has 1 aliphatic carbocycles. The minimum Gasteiger partial charge on any atom is -0.481 e. The summed E-state index contributed by atoms with van der Waals surface area (Å²) in [6.07, 6.45) is -1.04. The zero-order valence-electron chi connectivity index (χ0n) is 12.7. The van der Waals surface area contributed by atoms with Gasteiger partial charge >= 0.3 is 11.9 Å². The molecule has 2 N–H and O–H groups in total. The summed E-state index contributed by atoms with van der Waals surface area (Å²) in [5.74, 6) is -2.40.